The Labute approximate surface area is 112 Å². The van der Waals surface area contributed by atoms with Gasteiger partial charge in [0.05, 0.1) is 0 Å². The maximum atomic E-state index is 9.20. The van der Waals surface area contributed by atoms with Crippen LogP contribution in [0, 0.1) is 0 Å². The van der Waals surface area contributed by atoms with Crippen molar-refractivity contribution in [1.29, 1.82) is 0 Å². The maximum absolute atomic E-state index is 9.20. The summed E-state index contributed by atoms with van der Waals surface area (Å²) in [6.45, 7) is 0. The van der Waals surface area contributed by atoms with Gasteiger partial charge in [-0.1, -0.05) is 18.2 Å². The molecule has 0 saturated heterocycles. The highest BCUT2D eigenvalue weighted by atomic mass is 16.4. The van der Waals surface area contributed by atoms with Gasteiger partial charge < -0.3 is 20.9 Å². The molecule has 0 aliphatic heterocycles. The fourth-order valence-corrected chi connectivity index (χ4v) is 1.99. The molecule has 0 unspecified atom stereocenters. The number of rotatable bonds is 4. The van der Waals surface area contributed by atoms with Crippen LogP contribution in [0.5, 0.6) is 5.75 Å². The monoisotopic (exact) mass is 257 g/mol. The Balaban J connectivity index is 2.08. The Morgan fingerprint density at radius 3 is 2.16 bits per heavy atom. The molecule has 0 fully saturated rings. The molecule has 0 spiro atoms. The van der Waals surface area contributed by atoms with Gasteiger partial charge in [0.1, 0.15) is 5.75 Å². The predicted molar refractivity (Wildman–Crippen MR) is 76.2 cm³/mol. The average molecular weight is 257 g/mol. The van der Waals surface area contributed by atoms with Crippen LogP contribution in [0.3, 0.4) is 0 Å². The van der Waals surface area contributed by atoms with E-state index >= 15 is 0 Å². The lowest BCUT2D eigenvalue weighted by molar-refractivity contribution is 0.425. The molecule has 0 saturated carbocycles. The minimum atomic E-state index is -1.50. The van der Waals surface area contributed by atoms with Gasteiger partial charge in [-0.25, -0.2) is 0 Å². The van der Waals surface area contributed by atoms with Crippen molar-refractivity contribution in [3.63, 3.8) is 0 Å². The third-order valence-corrected chi connectivity index (χ3v) is 2.97. The van der Waals surface area contributed by atoms with Gasteiger partial charge in [0.25, 0.3) is 0 Å². The van der Waals surface area contributed by atoms with Crippen LogP contribution in [0.2, 0.25) is 0 Å². The molecule has 0 aromatic heterocycles. The van der Waals surface area contributed by atoms with Gasteiger partial charge in [0.2, 0.25) is 0 Å². The summed E-state index contributed by atoms with van der Waals surface area (Å²) in [6, 6.07) is 12.1. The van der Waals surface area contributed by atoms with Crippen LogP contribution >= 0.6 is 0 Å². The summed E-state index contributed by atoms with van der Waals surface area (Å²) in [4.78, 5) is 0. The van der Waals surface area contributed by atoms with Gasteiger partial charge >= 0.3 is 7.12 Å². The second-order valence-corrected chi connectivity index (χ2v) is 4.55. The number of nitrogens with two attached hydrogens (primary N) is 1. The van der Waals surface area contributed by atoms with E-state index in [0.717, 1.165) is 24.0 Å². The van der Waals surface area contributed by atoms with Crippen molar-refractivity contribution in [1.82, 2.24) is 0 Å². The fourth-order valence-electron chi connectivity index (χ4n) is 1.99. The minimum absolute atomic E-state index is 0.249. The van der Waals surface area contributed by atoms with E-state index in [1.807, 2.05) is 18.2 Å². The lowest BCUT2D eigenvalue weighted by atomic mass is 9.79. The molecule has 0 atom stereocenters. The Hall–Kier alpha value is -1.98. The normalized spacial score (nSPS) is 10.4. The van der Waals surface area contributed by atoms with E-state index in [1.54, 1.807) is 24.3 Å². The molecule has 0 heterocycles. The van der Waals surface area contributed by atoms with Crippen LogP contribution in [-0.2, 0) is 12.8 Å². The van der Waals surface area contributed by atoms with E-state index in [-0.39, 0.29) is 5.75 Å². The molecule has 0 bridgehead atoms. The standard InChI is InChI=1S/C14H16BNO3/c16-13-8-11(7-12(9-13)15(18)19)2-1-10-3-5-14(17)6-4-10/h3-9,17-19H,1-2,16H2. The number of hydrogen-bond acceptors (Lipinski definition) is 4. The summed E-state index contributed by atoms with van der Waals surface area (Å²) in [6.07, 6.45) is 1.54. The summed E-state index contributed by atoms with van der Waals surface area (Å²) in [7, 11) is -1.50. The zero-order chi connectivity index (χ0) is 13.8. The first-order chi connectivity index (χ1) is 9.04. The Morgan fingerprint density at radius 1 is 0.895 bits per heavy atom. The fraction of sp³-hybridized carbons (Fsp3) is 0.143. The number of anilines is 1. The smallest absolute Gasteiger partial charge is 0.488 e. The van der Waals surface area contributed by atoms with Crippen molar-refractivity contribution in [2.75, 3.05) is 5.73 Å². The van der Waals surface area contributed by atoms with Crippen molar-refractivity contribution in [3.05, 3.63) is 53.6 Å². The number of hydrogen-bond donors (Lipinski definition) is 4. The second kappa shape index (κ2) is 5.78. The van der Waals surface area contributed by atoms with Gasteiger partial charge in [-0.2, -0.15) is 0 Å². The number of nitrogen functional groups attached to an aromatic ring is 1. The molecule has 0 radical (unpaired) electrons. The van der Waals surface area contributed by atoms with Gasteiger partial charge in [-0.3, -0.25) is 0 Å². The van der Waals surface area contributed by atoms with Crippen molar-refractivity contribution < 1.29 is 15.2 Å². The molecule has 5 N–H and O–H groups in total. The minimum Gasteiger partial charge on any atom is -0.508 e. The molecular weight excluding hydrogens is 241 g/mol. The largest absolute Gasteiger partial charge is 0.508 e. The second-order valence-electron chi connectivity index (χ2n) is 4.55. The van der Waals surface area contributed by atoms with Gasteiger partial charge in [0, 0.05) is 5.69 Å². The lowest BCUT2D eigenvalue weighted by Crippen LogP contribution is -2.30. The summed E-state index contributed by atoms with van der Waals surface area (Å²) >= 11 is 0. The molecule has 2 aromatic carbocycles. The Bertz CT molecular complexity index is 555. The summed E-state index contributed by atoms with van der Waals surface area (Å²) in [5.41, 5.74) is 8.71. The van der Waals surface area contributed by atoms with Crippen LogP contribution in [0.1, 0.15) is 11.1 Å². The van der Waals surface area contributed by atoms with Crippen LogP contribution in [0.25, 0.3) is 0 Å². The topological polar surface area (TPSA) is 86.7 Å². The molecule has 0 aliphatic carbocycles. The van der Waals surface area contributed by atoms with E-state index < -0.39 is 7.12 Å². The molecule has 5 heteroatoms. The van der Waals surface area contributed by atoms with Gasteiger partial charge in [-0.15, -0.1) is 0 Å². The summed E-state index contributed by atoms with van der Waals surface area (Å²) < 4.78 is 0. The summed E-state index contributed by atoms with van der Waals surface area (Å²) in [5, 5.41) is 27.5. The number of aromatic hydroxyl groups is 1. The third-order valence-electron chi connectivity index (χ3n) is 2.97. The molecule has 0 amide bonds. The lowest BCUT2D eigenvalue weighted by Gasteiger charge is -2.07. The van der Waals surface area contributed by atoms with E-state index in [9.17, 15) is 5.11 Å². The van der Waals surface area contributed by atoms with Gasteiger partial charge in [0.15, 0.2) is 0 Å². The van der Waals surface area contributed by atoms with Crippen molar-refractivity contribution in [2.45, 2.75) is 12.8 Å². The molecule has 98 valence electrons. The van der Waals surface area contributed by atoms with E-state index in [0.29, 0.717) is 11.2 Å². The average Bonchev–Trinajstić information content (AvgIpc) is 2.37. The van der Waals surface area contributed by atoms with Crippen molar-refractivity contribution >= 4 is 18.3 Å². The Kier molecular flexibility index (Phi) is 4.09. The molecular formula is C14H16BNO3. The zero-order valence-corrected chi connectivity index (χ0v) is 10.5. The quantitative estimate of drug-likeness (QED) is 0.473. The number of aryl methyl sites for hydroxylation is 2. The highest BCUT2D eigenvalue weighted by molar-refractivity contribution is 6.58. The van der Waals surface area contributed by atoms with Crippen molar-refractivity contribution in [2.24, 2.45) is 0 Å². The summed E-state index contributed by atoms with van der Waals surface area (Å²) in [5.74, 6) is 0.249. The maximum Gasteiger partial charge on any atom is 0.488 e. The number of benzene rings is 2. The number of phenolic OH excluding ortho intramolecular Hbond substituents is 1. The first-order valence-corrected chi connectivity index (χ1v) is 6.08. The molecule has 0 aliphatic rings. The first kappa shape index (κ1) is 13.5. The molecule has 19 heavy (non-hydrogen) atoms. The Morgan fingerprint density at radius 2 is 1.53 bits per heavy atom. The van der Waals surface area contributed by atoms with Crippen LogP contribution in [-0.4, -0.2) is 22.3 Å². The molecule has 2 aromatic rings. The zero-order valence-electron chi connectivity index (χ0n) is 10.5. The first-order valence-electron chi connectivity index (χ1n) is 6.08. The van der Waals surface area contributed by atoms with E-state index in [1.165, 1.54) is 0 Å². The van der Waals surface area contributed by atoms with E-state index in [2.05, 4.69) is 0 Å². The predicted octanol–water partition coefficient (Wildman–Crippen LogP) is 0.439. The van der Waals surface area contributed by atoms with Crippen molar-refractivity contribution in [3.8, 4) is 5.75 Å². The van der Waals surface area contributed by atoms with Crippen LogP contribution < -0.4 is 11.2 Å². The van der Waals surface area contributed by atoms with Gasteiger partial charge in [-0.05, 0) is 53.7 Å². The third kappa shape index (κ3) is 3.74. The van der Waals surface area contributed by atoms with E-state index in [4.69, 9.17) is 15.8 Å². The highest BCUT2D eigenvalue weighted by Gasteiger charge is 2.12. The molecule has 2 rings (SSSR count). The number of phenols is 1. The van der Waals surface area contributed by atoms with Crippen LogP contribution in [0.4, 0.5) is 5.69 Å². The SMILES string of the molecule is Nc1cc(CCc2ccc(O)cc2)cc(B(O)O)c1. The molecule has 4 nitrogen and oxygen atoms in total. The highest BCUT2D eigenvalue weighted by Crippen LogP contribution is 2.13. The van der Waals surface area contributed by atoms with Crippen LogP contribution in [0.15, 0.2) is 42.5 Å².